The molecule has 0 amide bonds. The fraction of sp³-hybridized carbons (Fsp3) is 0.231. The molecule has 0 radical (unpaired) electrons. The van der Waals surface area contributed by atoms with Crippen molar-refractivity contribution in [1.29, 1.82) is 0 Å². The highest BCUT2D eigenvalue weighted by molar-refractivity contribution is 7.16. The molecule has 0 atom stereocenters. The molecule has 3 rings (SSSR count). The van der Waals surface area contributed by atoms with Gasteiger partial charge in [-0.3, -0.25) is 4.57 Å². The number of anilines is 1. The summed E-state index contributed by atoms with van der Waals surface area (Å²) in [4.78, 5) is 25.4. The Labute approximate surface area is 119 Å². The van der Waals surface area contributed by atoms with Gasteiger partial charge in [-0.25, -0.2) is 19.7 Å². The number of hydrogen-bond acceptors (Lipinski definition) is 6. The number of thiophene rings is 1. The van der Waals surface area contributed by atoms with Gasteiger partial charge in [-0.15, -0.1) is 11.3 Å². The lowest BCUT2D eigenvalue weighted by molar-refractivity contribution is 0.690. The number of nitrogens with one attached hydrogen (secondary N) is 1. The molecule has 0 aliphatic carbocycles. The van der Waals surface area contributed by atoms with Gasteiger partial charge in [-0.2, -0.15) is 0 Å². The molecule has 0 spiro atoms. The zero-order valence-corrected chi connectivity index (χ0v) is 11.9. The van der Waals surface area contributed by atoms with Crippen LogP contribution in [0.5, 0.6) is 0 Å². The van der Waals surface area contributed by atoms with Gasteiger partial charge in [0, 0.05) is 19.4 Å². The maximum absolute atomic E-state index is 11.7. The molecule has 1 N–H and O–H groups in total. The molecule has 20 heavy (non-hydrogen) atoms. The highest BCUT2D eigenvalue weighted by Crippen LogP contribution is 2.24. The topological polar surface area (TPSA) is 72.7 Å². The first-order chi connectivity index (χ1) is 9.67. The highest BCUT2D eigenvalue weighted by Gasteiger charge is 2.09. The van der Waals surface area contributed by atoms with Gasteiger partial charge in [-0.05, 0) is 23.9 Å². The van der Waals surface area contributed by atoms with Crippen LogP contribution in [0.4, 0.5) is 5.82 Å². The largest absolute Gasteiger partial charge is 0.372 e. The minimum Gasteiger partial charge on any atom is -0.372 e. The van der Waals surface area contributed by atoms with E-state index in [1.807, 2.05) is 25.4 Å². The zero-order chi connectivity index (χ0) is 14.1. The van der Waals surface area contributed by atoms with Crippen LogP contribution in [0.3, 0.4) is 0 Å². The highest BCUT2D eigenvalue weighted by atomic mass is 32.1. The quantitative estimate of drug-likeness (QED) is 0.793. The molecular formula is C13H13N5OS. The van der Waals surface area contributed by atoms with Crippen LogP contribution in [0.25, 0.3) is 10.2 Å². The second kappa shape index (κ2) is 5.01. The third-order valence-electron chi connectivity index (χ3n) is 2.90. The van der Waals surface area contributed by atoms with E-state index in [9.17, 15) is 4.79 Å². The Morgan fingerprint density at radius 3 is 3.05 bits per heavy atom. The maximum Gasteiger partial charge on any atom is 0.347 e. The minimum absolute atomic E-state index is 0.295. The van der Waals surface area contributed by atoms with Crippen LogP contribution in [0.15, 0.2) is 28.6 Å². The number of aryl methyl sites for hydroxylation is 1. The third kappa shape index (κ3) is 2.27. The second-order valence-corrected chi connectivity index (χ2v) is 5.31. The van der Waals surface area contributed by atoms with E-state index in [0.29, 0.717) is 12.4 Å². The Balaban J connectivity index is 2.06. The van der Waals surface area contributed by atoms with E-state index < -0.39 is 0 Å². The Morgan fingerprint density at radius 1 is 1.40 bits per heavy atom. The Kier molecular flexibility index (Phi) is 3.19. The molecule has 0 unspecified atom stereocenters. The number of fused-ring (bicyclic) bond motifs is 1. The summed E-state index contributed by atoms with van der Waals surface area (Å²) in [6.45, 7) is 2.21. The molecule has 7 heteroatoms. The van der Waals surface area contributed by atoms with Crippen molar-refractivity contribution in [2.75, 3.05) is 12.4 Å². The fourth-order valence-corrected chi connectivity index (χ4v) is 2.77. The lowest BCUT2D eigenvalue weighted by Crippen LogP contribution is -2.23. The number of aromatic nitrogens is 4. The number of rotatable bonds is 3. The standard InChI is InChI=1S/C13H13N5OS/c1-8-5-15-13(19)18(6-8)7-10-16-11(14-2)9-3-4-20-12(9)17-10/h3-6H,7H2,1-2H3,(H,14,16,17). The zero-order valence-electron chi connectivity index (χ0n) is 11.1. The second-order valence-electron chi connectivity index (χ2n) is 4.42. The summed E-state index contributed by atoms with van der Waals surface area (Å²) >= 11 is 1.55. The summed E-state index contributed by atoms with van der Waals surface area (Å²) in [5, 5.41) is 6.03. The van der Waals surface area contributed by atoms with Crippen molar-refractivity contribution in [2.24, 2.45) is 0 Å². The molecule has 6 nitrogen and oxygen atoms in total. The normalized spacial score (nSPS) is 10.9. The molecule has 3 aromatic heterocycles. The molecule has 0 saturated heterocycles. The predicted molar refractivity (Wildman–Crippen MR) is 79.3 cm³/mol. The fourth-order valence-electron chi connectivity index (χ4n) is 1.99. The molecule has 0 aromatic carbocycles. The van der Waals surface area contributed by atoms with E-state index in [1.54, 1.807) is 23.7 Å². The molecular weight excluding hydrogens is 274 g/mol. The maximum atomic E-state index is 11.7. The van der Waals surface area contributed by atoms with Crippen LogP contribution < -0.4 is 11.0 Å². The summed E-state index contributed by atoms with van der Waals surface area (Å²) in [6.07, 6.45) is 3.32. The lowest BCUT2D eigenvalue weighted by atomic mass is 10.3. The van der Waals surface area contributed by atoms with Crippen LogP contribution in [0.1, 0.15) is 11.4 Å². The lowest BCUT2D eigenvalue weighted by Gasteiger charge is -2.07. The van der Waals surface area contributed by atoms with Crippen LogP contribution in [0, 0.1) is 6.92 Å². The molecule has 3 aromatic rings. The first-order valence-corrected chi connectivity index (χ1v) is 7.00. The van der Waals surface area contributed by atoms with Crippen LogP contribution in [0.2, 0.25) is 0 Å². The van der Waals surface area contributed by atoms with Gasteiger partial charge >= 0.3 is 5.69 Å². The summed E-state index contributed by atoms with van der Waals surface area (Å²) in [5.74, 6) is 1.37. The Morgan fingerprint density at radius 2 is 2.25 bits per heavy atom. The van der Waals surface area contributed by atoms with Gasteiger partial charge < -0.3 is 5.32 Å². The van der Waals surface area contributed by atoms with Crippen molar-refractivity contribution >= 4 is 27.4 Å². The molecule has 0 aliphatic heterocycles. The summed E-state index contributed by atoms with van der Waals surface area (Å²) in [5.41, 5.74) is 0.632. The van der Waals surface area contributed by atoms with Gasteiger partial charge in [-0.1, -0.05) is 0 Å². The molecule has 102 valence electrons. The van der Waals surface area contributed by atoms with Crippen LogP contribution in [-0.4, -0.2) is 26.6 Å². The van der Waals surface area contributed by atoms with Crippen molar-refractivity contribution in [1.82, 2.24) is 19.5 Å². The van der Waals surface area contributed by atoms with Gasteiger partial charge in [0.1, 0.15) is 10.6 Å². The molecule has 0 aliphatic rings. The van der Waals surface area contributed by atoms with Gasteiger partial charge in [0.25, 0.3) is 0 Å². The monoisotopic (exact) mass is 287 g/mol. The number of hydrogen-bond donors (Lipinski definition) is 1. The van der Waals surface area contributed by atoms with E-state index in [0.717, 1.165) is 21.6 Å². The smallest absolute Gasteiger partial charge is 0.347 e. The van der Waals surface area contributed by atoms with Gasteiger partial charge in [0.05, 0.1) is 11.9 Å². The Hall–Kier alpha value is -2.28. The van der Waals surface area contributed by atoms with E-state index >= 15 is 0 Å². The molecule has 0 bridgehead atoms. The van der Waals surface area contributed by atoms with E-state index in [1.165, 1.54) is 4.57 Å². The van der Waals surface area contributed by atoms with Crippen molar-refractivity contribution in [3.63, 3.8) is 0 Å². The SMILES string of the molecule is CNc1nc(Cn2cc(C)cnc2=O)nc2sccc12. The average Bonchev–Trinajstić information content (AvgIpc) is 2.90. The van der Waals surface area contributed by atoms with Gasteiger partial charge in [0.2, 0.25) is 0 Å². The third-order valence-corrected chi connectivity index (χ3v) is 3.71. The molecule has 3 heterocycles. The summed E-state index contributed by atoms with van der Waals surface area (Å²) in [6, 6.07) is 1.98. The van der Waals surface area contributed by atoms with Crippen molar-refractivity contribution in [2.45, 2.75) is 13.5 Å². The van der Waals surface area contributed by atoms with Crippen LogP contribution in [-0.2, 0) is 6.54 Å². The first kappa shape index (κ1) is 12.7. The van der Waals surface area contributed by atoms with E-state index in [4.69, 9.17) is 0 Å². The van der Waals surface area contributed by atoms with Crippen molar-refractivity contribution in [3.05, 3.63) is 45.7 Å². The van der Waals surface area contributed by atoms with Crippen molar-refractivity contribution in [3.8, 4) is 0 Å². The average molecular weight is 287 g/mol. The van der Waals surface area contributed by atoms with E-state index in [2.05, 4.69) is 20.3 Å². The Bertz CT molecular complexity index is 823. The molecule has 0 saturated carbocycles. The van der Waals surface area contributed by atoms with Crippen LogP contribution >= 0.6 is 11.3 Å². The predicted octanol–water partition coefficient (Wildman–Crippen LogP) is 1.65. The van der Waals surface area contributed by atoms with Crippen molar-refractivity contribution < 1.29 is 0 Å². The minimum atomic E-state index is -0.295. The first-order valence-electron chi connectivity index (χ1n) is 6.12. The summed E-state index contributed by atoms with van der Waals surface area (Å²) < 4.78 is 1.52. The summed E-state index contributed by atoms with van der Waals surface area (Å²) in [7, 11) is 1.82. The van der Waals surface area contributed by atoms with Gasteiger partial charge in [0.15, 0.2) is 5.82 Å². The van der Waals surface area contributed by atoms with E-state index in [-0.39, 0.29) is 5.69 Å². The molecule has 0 fully saturated rings. The number of nitrogens with zero attached hydrogens (tertiary/aromatic N) is 4.